The number of hydrogen-bond donors (Lipinski definition) is 2. The van der Waals surface area contributed by atoms with E-state index >= 15 is 0 Å². The fraction of sp³-hybridized carbons (Fsp3) is 0. The third-order valence-corrected chi connectivity index (χ3v) is 2.10. The van der Waals surface area contributed by atoms with E-state index in [9.17, 15) is 9.18 Å². The lowest BCUT2D eigenvalue weighted by molar-refractivity contribution is 0.0697. The number of halogens is 1. The van der Waals surface area contributed by atoms with E-state index in [2.05, 4.69) is 4.98 Å². The lowest BCUT2D eigenvalue weighted by Gasteiger charge is -2.03. The average molecular weight is 205 g/mol. The van der Waals surface area contributed by atoms with Crippen LogP contribution < -0.4 is 0 Å². The van der Waals surface area contributed by atoms with Gasteiger partial charge >= 0.3 is 5.97 Å². The Morgan fingerprint density at radius 1 is 1.33 bits per heavy atom. The maximum absolute atomic E-state index is 13.0. The van der Waals surface area contributed by atoms with Crippen LogP contribution in [0.25, 0.3) is 11.3 Å². The van der Waals surface area contributed by atoms with Gasteiger partial charge in [-0.15, -0.1) is 0 Å². The van der Waals surface area contributed by atoms with Crippen molar-refractivity contribution >= 4 is 5.97 Å². The SMILES string of the molecule is O=C(O)c1ccc(F)cc1-c1ccc[nH]1. The first kappa shape index (κ1) is 9.45. The Morgan fingerprint density at radius 2 is 2.13 bits per heavy atom. The van der Waals surface area contributed by atoms with Gasteiger partial charge in [-0.25, -0.2) is 9.18 Å². The molecule has 3 nitrogen and oxygen atoms in total. The number of hydrogen-bond acceptors (Lipinski definition) is 1. The molecule has 76 valence electrons. The predicted octanol–water partition coefficient (Wildman–Crippen LogP) is 2.52. The molecule has 4 heteroatoms. The fourth-order valence-electron chi connectivity index (χ4n) is 1.42. The van der Waals surface area contributed by atoms with Gasteiger partial charge in [0.1, 0.15) is 5.82 Å². The van der Waals surface area contributed by atoms with Crippen LogP contribution in [-0.2, 0) is 0 Å². The summed E-state index contributed by atoms with van der Waals surface area (Å²) in [5.41, 5.74) is 1.03. The first-order chi connectivity index (χ1) is 7.18. The molecular formula is C11H8FNO2. The molecule has 0 bridgehead atoms. The summed E-state index contributed by atoms with van der Waals surface area (Å²) in [7, 11) is 0. The van der Waals surface area contributed by atoms with Crippen LogP contribution in [-0.4, -0.2) is 16.1 Å². The molecule has 0 aliphatic heterocycles. The molecule has 0 fully saturated rings. The van der Waals surface area contributed by atoms with Crippen molar-refractivity contribution in [2.24, 2.45) is 0 Å². The van der Waals surface area contributed by atoms with E-state index in [-0.39, 0.29) is 5.56 Å². The number of benzene rings is 1. The Bertz CT molecular complexity index is 491. The van der Waals surface area contributed by atoms with Gasteiger partial charge in [0.25, 0.3) is 0 Å². The van der Waals surface area contributed by atoms with Gasteiger partial charge in [0.05, 0.1) is 5.56 Å². The van der Waals surface area contributed by atoms with Crippen LogP contribution >= 0.6 is 0 Å². The number of carboxylic acid groups (broad SMARTS) is 1. The molecule has 0 radical (unpaired) electrons. The number of carbonyl (C=O) groups is 1. The third-order valence-electron chi connectivity index (χ3n) is 2.10. The van der Waals surface area contributed by atoms with E-state index in [0.717, 1.165) is 6.07 Å². The molecule has 0 aliphatic rings. The third kappa shape index (κ3) is 1.74. The molecule has 0 saturated heterocycles. The summed E-state index contributed by atoms with van der Waals surface area (Å²) in [4.78, 5) is 13.7. The lowest BCUT2D eigenvalue weighted by Crippen LogP contribution is -2.00. The fourth-order valence-corrected chi connectivity index (χ4v) is 1.42. The minimum absolute atomic E-state index is 0.0823. The molecule has 0 unspecified atom stereocenters. The van der Waals surface area contributed by atoms with E-state index < -0.39 is 11.8 Å². The number of carboxylic acids is 1. The predicted molar refractivity (Wildman–Crippen MR) is 53.1 cm³/mol. The lowest BCUT2D eigenvalue weighted by atomic mass is 10.0. The summed E-state index contributed by atoms with van der Waals surface area (Å²) in [6, 6.07) is 7.02. The van der Waals surface area contributed by atoms with Crippen LogP contribution in [0.2, 0.25) is 0 Å². The van der Waals surface area contributed by atoms with E-state index in [1.54, 1.807) is 18.3 Å². The molecule has 0 aliphatic carbocycles. The van der Waals surface area contributed by atoms with Crippen molar-refractivity contribution in [1.82, 2.24) is 4.98 Å². The van der Waals surface area contributed by atoms with Crippen molar-refractivity contribution in [1.29, 1.82) is 0 Å². The zero-order chi connectivity index (χ0) is 10.8. The molecule has 0 amide bonds. The highest BCUT2D eigenvalue weighted by atomic mass is 19.1. The molecule has 2 N–H and O–H groups in total. The van der Waals surface area contributed by atoms with E-state index in [0.29, 0.717) is 11.3 Å². The van der Waals surface area contributed by atoms with Crippen LogP contribution in [0.15, 0.2) is 36.5 Å². The van der Waals surface area contributed by atoms with Gasteiger partial charge in [-0.2, -0.15) is 0 Å². The van der Waals surface area contributed by atoms with Crippen LogP contribution in [0, 0.1) is 5.82 Å². The number of aromatic nitrogens is 1. The first-order valence-corrected chi connectivity index (χ1v) is 4.35. The van der Waals surface area contributed by atoms with Gasteiger partial charge in [-0.1, -0.05) is 0 Å². The molecule has 15 heavy (non-hydrogen) atoms. The van der Waals surface area contributed by atoms with Crippen LogP contribution in [0.5, 0.6) is 0 Å². The van der Waals surface area contributed by atoms with Gasteiger partial charge < -0.3 is 10.1 Å². The number of nitrogens with one attached hydrogen (secondary N) is 1. The van der Waals surface area contributed by atoms with Gasteiger partial charge in [0.15, 0.2) is 0 Å². The molecular weight excluding hydrogens is 197 g/mol. The molecule has 1 aromatic heterocycles. The Kier molecular flexibility index (Phi) is 2.25. The molecule has 0 saturated carbocycles. The van der Waals surface area contributed by atoms with E-state index in [1.807, 2.05) is 0 Å². The molecule has 0 atom stereocenters. The van der Waals surface area contributed by atoms with Crippen LogP contribution in [0.3, 0.4) is 0 Å². The zero-order valence-corrected chi connectivity index (χ0v) is 7.70. The summed E-state index contributed by atoms with van der Waals surface area (Å²) in [5, 5.41) is 8.92. The van der Waals surface area contributed by atoms with Crippen LogP contribution in [0.1, 0.15) is 10.4 Å². The monoisotopic (exact) mass is 205 g/mol. The minimum atomic E-state index is -1.07. The van der Waals surface area contributed by atoms with Crippen molar-refractivity contribution < 1.29 is 14.3 Å². The Hall–Kier alpha value is -2.10. The standard InChI is InChI=1S/C11H8FNO2/c12-7-3-4-8(11(14)15)9(6-7)10-2-1-5-13-10/h1-6,13H,(H,14,15). The summed E-state index contributed by atoms with van der Waals surface area (Å²) in [6.45, 7) is 0. The van der Waals surface area contributed by atoms with Gasteiger partial charge in [-0.3, -0.25) is 0 Å². The van der Waals surface area contributed by atoms with Gasteiger partial charge in [-0.05, 0) is 30.3 Å². The largest absolute Gasteiger partial charge is 0.478 e. The number of aromatic amines is 1. The van der Waals surface area contributed by atoms with Crippen LogP contribution in [0.4, 0.5) is 4.39 Å². The topological polar surface area (TPSA) is 53.1 Å². The second-order valence-electron chi connectivity index (χ2n) is 3.08. The van der Waals surface area contributed by atoms with Crippen molar-refractivity contribution in [3.63, 3.8) is 0 Å². The quantitative estimate of drug-likeness (QED) is 0.791. The Labute approximate surface area is 85.2 Å². The molecule has 1 heterocycles. The highest BCUT2D eigenvalue weighted by Gasteiger charge is 2.12. The number of H-pyrrole nitrogens is 1. The zero-order valence-electron chi connectivity index (χ0n) is 7.70. The minimum Gasteiger partial charge on any atom is -0.478 e. The summed E-state index contributed by atoms with van der Waals surface area (Å²) < 4.78 is 13.0. The summed E-state index contributed by atoms with van der Waals surface area (Å²) in [5.74, 6) is -1.52. The van der Waals surface area contributed by atoms with E-state index in [4.69, 9.17) is 5.11 Å². The normalized spacial score (nSPS) is 10.2. The number of rotatable bonds is 2. The van der Waals surface area contributed by atoms with Gasteiger partial charge in [0, 0.05) is 17.5 Å². The summed E-state index contributed by atoms with van der Waals surface area (Å²) in [6.07, 6.45) is 1.66. The maximum Gasteiger partial charge on any atom is 0.336 e. The van der Waals surface area contributed by atoms with Crippen molar-refractivity contribution in [2.75, 3.05) is 0 Å². The number of aromatic carboxylic acids is 1. The van der Waals surface area contributed by atoms with Crippen molar-refractivity contribution in [2.45, 2.75) is 0 Å². The summed E-state index contributed by atoms with van der Waals surface area (Å²) >= 11 is 0. The molecule has 1 aromatic carbocycles. The second-order valence-corrected chi connectivity index (χ2v) is 3.08. The molecule has 2 rings (SSSR count). The Morgan fingerprint density at radius 3 is 2.73 bits per heavy atom. The average Bonchev–Trinajstić information content (AvgIpc) is 2.69. The van der Waals surface area contributed by atoms with Crippen molar-refractivity contribution in [3.8, 4) is 11.3 Å². The highest BCUT2D eigenvalue weighted by molar-refractivity contribution is 5.95. The van der Waals surface area contributed by atoms with E-state index in [1.165, 1.54) is 12.1 Å². The van der Waals surface area contributed by atoms with Crippen molar-refractivity contribution in [3.05, 3.63) is 47.9 Å². The Balaban J connectivity index is 2.63. The maximum atomic E-state index is 13.0. The highest BCUT2D eigenvalue weighted by Crippen LogP contribution is 2.23. The second kappa shape index (κ2) is 3.57. The molecule has 0 spiro atoms. The van der Waals surface area contributed by atoms with Gasteiger partial charge in [0.2, 0.25) is 0 Å². The smallest absolute Gasteiger partial charge is 0.336 e. The molecule has 2 aromatic rings. The first-order valence-electron chi connectivity index (χ1n) is 4.35.